The molecule has 0 saturated heterocycles. The molecule has 1 N–H and O–H groups in total. The number of carbonyl (C=O) groups is 3. The summed E-state index contributed by atoms with van der Waals surface area (Å²) in [5.74, 6) is -1.37. The van der Waals surface area contributed by atoms with Crippen LogP contribution in [0.1, 0.15) is 18.4 Å². The Balaban J connectivity index is 1.60. The van der Waals surface area contributed by atoms with E-state index in [-0.39, 0.29) is 24.5 Å². The highest BCUT2D eigenvalue weighted by Gasteiger charge is 2.26. The molecule has 2 amide bonds. The number of carbonyl (C=O) groups excluding carboxylic acids is 3. The van der Waals surface area contributed by atoms with Gasteiger partial charge in [0.25, 0.3) is 5.91 Å². The molecule has 0 aliphatic carbocycles. The Labute approximate surface area is 170 Å². The minimum absolute atomic E-state index is 0.107. The Morgan fingerprint density at radius 1 is 1.18 bits per heavy atom. The van der Waals surface area contributed by atoms with Crippen molar-refractivity contribution in [3.8, 4) is 0 Å². The molecule has 0 aromatic heterocycles. The zero-order valence-corrected chi connectivity index (χ0v) is 16.7. The normalized spacial score (nSPS) is 13.7. The molecule has 0 spiro atoms. The van der Waals surface area contributed by atoms with E-state index in [1.165, 1.54) is 5.01 Å². The van der Waals surface area contributed by atoms with E-state index in [0.717, 1.165) is 10.0 Å². The molecule has 2 aromatic rings. The molecule has 1 aliphatic rings. The van der Waals surface area contributed by atoms with Crippen LogP contribution in [0.4, 0.5) is 11.4 Å². The summed E-state index contributed by atoms with van der Waals surface area (Å²) in [5, 5.41) is 7.96. The van der Waals surface area contributed by atoms with Crippen LogP contribution in [0.15, 0.2) is 58.1 Å². The Morgan fingerprint density at radius 2 is 1.93 bits per heavy atom. The summed E-state index contributed by atoms with van der Waals surface area (Å²) in [6.07, 6.45) is 0.321. The van der Waals surface area contributed by atoms with Gasteiger partial charge in [-0.05, 0) is 42.8 Å². The molecule has 144 valence electrons. The summed E-state index contributed by atoms with van der Waals surface area (Å²) in [6, 6.07) is 14.2. The van der Waals surface area contributed by atoms with E-state index in [2.05, 4.69) is 26.3 Å². The Bertz CT molecular complexity index is 944. The number of nitrogens with zero attached hydrogens (tertiary/aromatic N) is 2. The second kappa shape index (κ2) is 8.79. The highest BCUT2D eigenvalue weighted by Crippen LogP contribution is 2.21. The first-order valence-corrected chi connectivity index (χ1v) is 9.42. The molecule has 0 bridgehead atoms. The summed E-state index contributed by atoms with van der Waals surface area (Å²) in [5.41, 5.74) is 2.26. The summed E-state index contributed by atoms with van der Waals surface area (Å²) in [7, 11) is 0. The lowest BCUT2D eigenvalue weighted by molar-refractivity contribution is -0.140. The highest BCUT2D eigenvalue weighted by atomic mass is 79.9. The molecule has 2 aromatic carbocycles. The van der Waals surface area contributed by atoms with Gasteiger partial charge in [-0.15, -0.1) is 0 Å². The number of ether oxygens (including phenoxy) is 1. The number of hydrazone groups is 1. The molecule has 1 aliphatic heterocycles. The minimum Gasteiger partial charge on any atom is -0.451 e. The van der Waals surface area contributed by atoms with Crippen LogP contribution in [0.2, 0.25) is 0 Å². The zero-order chi connectivity index (χ0) is 20.1. The quantitative estimate of drug-likeness (QED) is 0.716. The van der Waals surface area contributed by atoms with Gasteiger partial charge < -0.3 is 10.1 Å². The van der Waals surface area contributed by atoms with E-state index < -0.39 is 18.5 Å². The van der Waals surface area contributed by atoms with E-state index in [4.69, 9.17) is 4.74 Å². The largest absolute Gasteiger partial charge is 0.451 e. The maximum atomic E-state index is 12.3. The summed E-state index contributed by atoms with van der Waals surface area (Å²) < 4.78 is 5.99. The number of benzene rings is 2. The van der Waals surface area contributed by atoms with Crippen molar-refractivity contribution in [2.75, 3.05) is 16.9 Å². The molecule has 0 saturated carbocycles. The Morgan fingerprint density at radius 3 is 2.64 bits per heavy atom. The monoisotopic (exact) mass is 443 g/mol. The van der Waals surface area contributed by atoms with Crippen molar-refractivity contribution in [2.24, 2.45) is 5.10 Å². The van der Waals surface area contributed by atoms with Gasteiger partial charge in [0.05, 0.1) is 5.69 Å². The second-order valence-corrected chi connectivity index (χ2v) is 7.03. The predicted octanol–water partition coefficient (Wildman–Crippen LogP) is 3.42. The predicted molar refractivity (Wildman–Crippen MR) is 109 cm³/mol. The number of esters is 1. The van der Waals surface area contributed by atoms with Crippen LogP contribution in [0.3, 0.4) is 0 Å². The smallest absolute Gasteiger partial charge is 0.355 e. The van der Waals surface area contributed by atoms with E-state index in [1.54, 1.807) is 36.4 Å². The fraction of sp³-hybridized carbons (Fsp3) is 0.200. The molecule has 0 radical (unpaired) electrons. The molecular weight excluding hydrogens is 426 g/mol. The molecule has 1 heterocycles. The van der Waals surface area contributed by atoms with Crippen molar-refractivity contribution < 1.29 is 19.1 Å². The topological polar surface area (TPSA) is 88.1 Å². The van der Waals surface area contributed by atoms with Crippen LogP contribution in [-0.4, -0.2) is 30.1 Å². The number of hydrogen-bond acceptors (Lipinski definition) is 5. The number of nitrogens with one attached hydrogen (secondary N) is 1. The average Bonchev–Trinajstić information content (AvgIpc) is 2.70. The summed E-state index contributed by atoms with van der Waals surface area (Å²) in [4.78, 5) is 36.4. The van der Waals surface area contributed by atoms with Crippen LogP contribution >= 0.6 is 15.9 Å². The SMILES string of the molecule is Cc1cc(NC(=O)COC(=O)C2=NN(c3ccccc3)C(=O)CC2)ccc1Br. The van der Waals surface area contributed by atoms with E-state index in [1.807, 2.05) is 19.1 Å². The van der Waals surface area contributed by atoms with Crippen molar-refractivity contribution >= 4 is 50.8 Å². The van der Waals surface area contributed by atoms with Gasteiger partial charge in [-0.2, -0.15) is 5.10 Å². The Hall–Kier alpha value is -3.00. The van der Waals surface area contributed by atoms with Crippen LogP contribution in [-0.2, 0) is 19.1 Å². The van der Waals surface area contributed by atoms with Gasteiger partial charge in [0.1, 0.15) is 5.71 Å². The maximum Gasteiger partial charge on any atom is 0.355 e. The van der Waals surface area contributed by atoms with E-state index in [9.17, 15) is 14.4 Å². The zero-order valence-electron chi connectivity index (χ0n) is 15.1. The fourth-order valence-electron chi connectivity index (χ4n) is 2.61. The summed E-state index contributed by atoms with van der Waals surface area (Å²) >= 11 is 3.39. The third-order valence-corrected chi connectivity index (χ3v) is 4.93. The van der Waals surface area contributed by atoms with Crippen molar-refractivity contribution in [3.05, 3.63) is 58.6 Å². The van der Waals surface area contributed by atoms with Crippen molar-refractivity contribution in [1.82, 2.24) is 0 Å². The number of anilines is 2. The van der Waals surface area contributed by atoms with Crippen LogP contribution in [0, 0.1) is 6.92 Å². The first-order chi connectivity index (χ1) is 13.4. The van der Waals surface area contributed by atoms with Gasteiger partial charge in [0.15, 0.2) is 6.61 Å². The molecule has 28 heavy (non-hydrogen) atoms. The average molecular weight is 444 g/mol. The third-order valence-electron chi connectivity index (χ3n) is 4.05. The fourth-order valence-corrected chi connectivity index (χ4v) is 2.85. The molecule has 8 heteroatoms. The second-order valence-electron chi connectivity index (χ2n) is 6.18. The molecule has 7 nitrogen and oxygen atoms in total. The number of aryl methyl sites for hydroxylation is 1. The van der Waals surface area contributed by atoms with Crippen molar-refractivity contribution in [3.63, 3.8) is 0 Å². The minimum atomic E-state index is -0.712. The molecule has 0 atom stereocenters. The summed E-state index contributed by atoms with van der Waals surface area (Å²) in [6.45, 7) is 1.47. The van der Waals surface area contributed by atoms with E-state index >= 15 is 0 Å². The molecular formula is C20H18BrN3O4. The van der Waals surface area contributed by atoms with Crippen LogP contribution in [0.5, 0.6) is 0 Å². The number of amides is 2. The van der Waals surface area contributed by atoms with Gasteiger partial charge in [-0.3, -0.25) is 9.59 Å². The lowest BCUT2D eigenvalue weighted by atomic mass is 10.1. The molecule has 0 fully saturated rings. The van der Waals surface area contributed by atoms with Crippen molar-refractivity contribution in [2.45, 2.75) is 19.8 Å². The highest BCUT2D eigenvalue weighted by molar-refractivity contribution is 9.10. The van der Waals surface area contributed by atoms with Gasteiger partial charge in [-0.1, -0.05) is 34.1 Å². The molecule has 3 rings (SSSR count). The van der Waals surface area contributed by atoms with Crippen LogP contribution in [0.25, 0.3) is 0 Å². The number of para-hydroxylation sites is 1. The van der Waals surface area contributed by atoms with Gasteiger partial charge in [0, 0.05) is 23.0 Å². The Kier molecular flexibility index (Phi) is 6.20. The van der Waals surface area contributed by atoms with Gasteiger partial charge >= 0.3 is 5.97 Å². The standard InChI is InChI=1S/C20H18BrN3O4/c1-13-11-14(7-8-16(13)21)22-18(25)12-28-20(27)17-9-10-19(26)24(23-17)15-5-3-2-4-6-15/h2-8,11H,9-10,12H2,1H3,(H,22,25). The third kappa shape index (κ3) is 4.83. The van der Waals surface area contributed by atoms with Gasteiger partial charge in [-0.25, -0.2) is 9.80 Å². The number of hydrogen-bond donors (Lipinski definition) is 1. The first-order valence-electron chi connectivity index (χ1n) is 8.62. The maximum absolute atomic E-state index is 12.3. The first kappa shape index (κ1) is 19.8. The lowest BCUT2D eigenvalue weighted by Gasteiger charge is -2.22. The number of rotatable bonds is 5. The van der Waals surface area contributed by atoms with Crippen LogP contribution < -0.4 is 10.3 Å². The van der Waals surface area contributed by atoms with Gasteiger partial charge in [0.2, 0.25) is 5.91 Å². The molecule has 0 unspecified atom stereocenters. The lowest BCUT2D eigenvalue weighted by Crippen LogP contribution is -2.35. The number of halogens is 1. The van der Waals surface area contributed by atoms with E-state index in [0.29, 0.717) is 11.4 Å². The van der Waals surface area contributed by atoms with Crippen molar-refractivity contribution in [1.29, 1.82) is 0 Å².